The van der Waals surface area contributed by atoms with Crippen LogP contribution >= 0.6 is 0 Å². The monoisotopic (exact) mass is 284 g/mol. The molecule has 1 heterocycles. The minimum Gasteiger partial charge on any atom is -0.407 e. The van der Waals surface area contributed by atoms with E-state index in [4.69, 9.17) is 14.0 Å². The maximum absolute atomic E-state index is 13.1. The van der Waals surface area contributed by atoms with Crippen molar-refractivity contribution in [2.45, 2.75) is 19.8 Å². The first-order chi connectivity index (χ1) is 9.70. The van der Waals surface area contributed by atoms with Crippen molar-refractivity contribution in [2.75, 3.05) is 26.4 Å². The quantitative estimate of drug-likeness (QED) is 0.591. The van der Waals surface area contributed by atoms with Crippen LogP contribution in [0, 0.1) is 17.6 Å². The molecule has 0 atom stereocenters. The lowest BCUT2D eigenvalue weighted by atomic mass is 9.77. The van der Waals surface area contributed by atoms with Crippen molar-refractivity contribution in [1.29, 1.82) is 0 Å². The molecule has 1 aromatic rings. The van der Waals surface area contributed by atoms with E-state index < -0.39 is 18.8 Å². The predicted octanol–water partition coefficient (Wildman–Crippen LogP) is 2.14. The van der Waals surface area contributed by atoms with Gasteiger partial charge in [-0.05, 0) is 24.0 Å². The van der Waals surface area contributed by atoms with Crippen molar-refractivity contribution < 1.29 is 22.8 Å². The highest BCUT2D eigenvalue weighted by atomic mass is 19.2. The van der Waals surface area contributed by atoms with Crippen LogP contribution in [0.15, 0.2) is 18.2 Å². The van der Waals surface area contributed by atoms with E-state index in [1.807, 2.05) is 0 Å². The van der Waals surface area contributed by atoms with Gasteiger partial charge < -0.3 is 14.0 Å². The van der Waals surface area contributed by atoms with E-state index in [9.17, 15) is 8.78 Å². The maximum Gasteiger partial charge on any atom is 0.493 e. The Hall–Kier alpha value is -0.975. The average Bonchev–Trinajstić information content (AvgIpc) is 2.47. The number of halogens is 2. The summed E-state index contributed by atoms with van der Waals surface area (Å²) in [5.74, 6) is -1.57. The summed E-state index contributed by atoms with van der Waals surface area (Å²) in [6.07, 6.45) is 2.15. The second kappa shape index (κ2) is 7.71. The Labute approximate surface area is 118 Å². The van der Waals surface area contributed by atoms with Crippen LogP contribution in [-0.2, 0) is 14.0 Å². The molecular formula is C14H19BF2O3. The van der Waals surface area contributed by atoms with Crippen LogP contribution in [0.25, 0.3) is 0 Å². The van der Waals surface area contributed by atoms with Crippen molar-refractivity contribution in [3.63, 3.8) is 0 Å². The lowest BCUT2D eigenvalue weighted by Gasteiger charge is -2.27. The van der Waals surface area contributed by atoms with Gasteiger partial charge in [-0.1, -0.05) is 19.4 Å². The molecule has 6 heteroatoms. The van der Waals surface area contributed by atoms with Gasteiger partial charge in [-0.3, -0.25) is 0 Å². The van der Waals surface area contributed by atoms with Gasteiger partial charge >= 0.3 is 7.12 Å². The number of hydrogen-bond donors (Lipinski definition) is 0. The van der Waals surface area contributed by atoms with Gasteiger partial charge in [-0.2, -0.15) is 0 Å². The lowest BCUT2D eigenvalue weighted by molar-refractivity contribution is 0.0183. The van der Waals surface area contributed by atoms with E-state index in [0.29, 0.717) is 25.3 Å². The molecular weight excluding hydrogens is 265 g/mol. The van der Waals surface area contributed by atoms with Gasteiger partial charge in [-0.15, -0.1) is 0 Å². The van der Waals surface area contributed by atoms with E-state index in [-0.39, 0.29) is 5.92 Å². The molecule has 1 aliphatic rings. The summed E-state index contributed by atoms with van der Waals surface area (Å²) in [7, 11) is -0.628. The van der Waals surface area contributed by atoms with Crippen LogP contribution in [0.5, 0.6) is 0 Å². The molecule has 1 aromatic carbocycles. The molecule has 1 fully saturated rings. The Kier molecular flexibility index (Phi) is 5.95. The summed E-state index contributed by atoms with van der Waals surface area (Å²) in [4.78, 5) is 0. The number of unbranched alkanes of at least 4 members (excludes halogenated alkanes) is 1. The SMILES string of the molecule is CCCCOCC1COB(c2ccc(F)c(F)c2)OC1. The van der Waals surface area contributed by atoms with Crippen LogP contribution in [0.4, 0.5) is 8.78 Å². The minimum absolute atomic E-state index is 0.188. The summed E-state index contributed by atoms with van der Waals surface area (Å²) in [6.45, 7) is 4.46. The fourth-order valence-corrected chi connectivity index (χ4v) is 1.99. The van der Waals surface area contributed by atoms with Gasteiger partial charge in [0.25, 0.3) is 0 Å². The molecule has 20 heavy (non-hydrogen) atoms. The normalized spacial score (nSPS) is 16.6. The molecule has 0 saturated carbocycles. The number of rotatable bonds is 6. The van der Waals surface area contributed by atoms with Crippen LogP contribution in [0.1, 0.15) is 19.8 Å². The van der Waals surface area contributed by atoms with Gasteiger partial charge in [-0.25, -0.2) is 8.78 Å². The summed E-state index contributed by atoms with van der Waals surface area (Å²) in [5, 5.41) is 0. The number of hydrogen-bond acceptors (Lipinski definition) is 3. The lowest BCUT2D eigenvalue weighted by Crippen LogP contribution is -2.45. The van der Waals surface area contributed by atoms with Crippen molar-refractivity contribution >= 4 is 12.6 Å². The fourth-order valence-electron chi connectivity index (χ4n) is 1.99. The van der Waals surface area contributed by atoms with Gasteiger partial charge in [0, 0.05) is 25.7 Å². The van der Waals surface area contributed by atoms with E-state index >= 15 is 0 Å². The molecule has 110 valence electrons. The zero-order valence-corrected chi connectivity index (χ0v) is 11.6. The molecule has 2 rings (SSSR count). The van der Waals surface area contributed by atoms with E-state index in [2.05, 4.69) is 6.92 Å². The molecule has 0 radical (unpaired) electrons. The molecule has 0 spiro atoms. The van der Waals surface area contributed by atoms with Crippen molar-refractivity contribution in [3.8, 4) is 0 Å². The zero-order valence-electron chi connectivity index (χ0n) is 11.6. The molecule has 0 N–H and O–H groups in total. The molecule has 1 saturated heterocycles. The Bertz CT molecular complexity index is 423. The predicted molar refractivity (Wildman–Crippen MR) is 72.9 cm³/mol. The van der Waals surface area contributed by atoms with Crippen molar-refractivity contribution in [3.05, 3.63) is 29.8 Å². The Balaban J connectivity index is 1.77. The van der Waals surface area contributed by atoms with E-state index in [1.54, 1.807) is 0 Å². The first-order valence-electron chi connectivity index (χ1n) is 6.96. The first-order valence-corrected chi connectivity index (χ1v) is 6.96. The largest absolute Gasteiger partial charge is 0.493 e. The molecule has 0 aromatic heterocycles. The third-order valence-electron chi connectivity index (χ3n) is 3.18. The Morgan fingerprint density at radius 2 is 2.00 bits per heavy atom. The second-order valence-corrected chi connectivity index (χ2v) is 4.97. The standard InChI is InChI=1S/C14H19BF2O3/c1-2-3-6-18-8-11-9-19-15(20-10-11)12-4-5-13(16)14(17)7-12/h4-5,7,11H,2-3,6,8-10H2,1H3. The van der Waals surface area contributed by atoms with Gasteiger partial charge in [0.05, 0.1) is 6.61 Å². The zero-order chi connectivity index (χ0) is 14.4. The highest BCUT2D eigenvalue weighted by Gasteiger charge is 2.29. The van der Waals surface area contributed by atoms with Crippen molar-refractivity contribution in [1.82, 2.24) is 0 Å². The molecule has 0 aliphatic carbocycles. The van der Waals surface area contributed by atoms with E-state index in [0.717, 1.165) is 31.6 Å². The first kappa shape index (κ1) is 15.4. The summed E-state index contributed by atoms with van der Waals surface area (Å²) < 4.78 is 42.6. The van der Waals surface area contributed by atoms with Gasteiger partial charge in [0.1, 0.15) is 0 Å². The minimum atomic E-state index is -0.889. The Morgan fingerprint density at radius 1 is 1.25 bits per heavy atom. The van der Waals surface area contributed by atoms with Crippen LogP contribution < -0.4 is 5.46 Å². The highest BCUT2D eigenvalue weighted by Crippen LogP contribution is 2.11. The van der Waals surface area contributed by atoms with Crippen molar-refractivity contribution in [2.24, 2.45) is 5.92 Å². The molecule has 0 amide bonds. The average molecular weight is 284 g/mol. The van der Waals surface area contributed by atoms with Crippen LogP contribution in [0.2, 0.25) is 0 Å². The molecule has 0 bridgehead atoms. The number of benzene rings is 1. The fraction of sp³-hybridized carbons (Fsp3) is 0.571. The second-order valence-electron chi connectivity index (χ2n) is 4.97. The topological polar surface area (TPSA) is 27.7 Å². The summed E-state index contributed by atoms with van der Waals surface area (Å²) in [5.41, 5.74) is 0.495. The van der Waals surface area contributed by atoms with Gasteiger partial charge in [0.15, 0.2) is 11.6 Å². The summed E-state index contributed by atoms with van der Waals surface area (Å²) >= 11 is 0. The number of ether oxygens (including phenoxy) is 1. The third-order valence-corrected chi connectivity index (χ3v) is 3.18. The molecule has 1 aliphatic heterocycles. The molecule has 3 nitrogen and oxygen atoms in total. The van der Waals surface area contributed by atoms with E-state index in [1.165, 1.54) is 6.07 Å². The third kappa shape index (κ3) is 4.26. The van der Waals surface area contributed by atoms with Crippen LogP contribution in [-0.4, -0.2) is 33.5 Å². The Morgan fingerprint density at radius 3 is 2.65 bits per heavy atom. The maximum atomic E-state index is 13.1. The molecule has 0 unspecified atom stereocenters. The van der Waals surface area contributed by atoms with Crippen LogP contribution in [0.3, 0.4) is 0 Å². The summed E-state index contributed by atoms with van der Waals surface area (Å²) in [6, 6.07) is 3.66. The van der Waals surface area contributed by atoms with Gasteiger partial charge in [0.2, 0.25) is 0 Å². The smallest absolute Gasteiger partial charge is 0.407 e. The highest BCUT2D eigenvalue weighted by molar-refractivity contribution is 6.61.